The number of benzene rings is 2. The lowest BCUT2D eigenvalue weighted by Crippen LogP contribution is -2.24. The lowest BCUT2D eigenvalue weighted by molar-refractivity contribution is 0.252. The zero-order valence-electron chi connectivity index (χ0n) is 12.6. The lowest BCUT2D eigenvalue weighted by atomic mass is 10.2. The van der Waals surface area contributed by atoms with Crippen molar-refractivity contribution in [2.24, 2.45) is 5.10 Å². The van der Waals surface area contributed by atoms with Crippen LogP contribution in [-0.2, 0) is 0 Å². The topological polar surface area (TPSA) is 66.6 Å². The Kier molecular flexibility index (Phi) is 4.67. The van der Waals surface area contributed by atoms with E-state index in [4.69, 9.17) is 4.42 Å². The van der Waals surface area contributed by atoms with Gasteiger partial charge in [0, 0.05) is 11.3 Å². The molecule has 120 valence electrons. The average molecular weight is 323 g/mol. The summed E-state index contributed by atoms with van der Waals surface area (Å²) in [5, 5.41) is 6.44. The van der Waals surface area contributed by atoms with Crippen molar-refractivity contribution in [3.8, 4) is 11.3 Å². The summed E-state index contributed by atoms with van der Waals surface area (Å²) < 4.78 is 18.7. The molecule has 0 atom stereocenters. The van der Waals surface area contributed by atoms with E-state index >= 15 is 0 Å². The van der Waals surface area contributed by atoms with Crippen molar-refractivity contribution >= 4 is 17.9 Å². The summed E-state index contributed by atoms with van der Waals surface area (Å²) in [5.74, 6) is 0.623. The molecule has 24 heavy (non-hydrogen) atoms. The van der Waals surface area contributed by atoms with E-state index in [1.165, 1.54) is 18.3 Å². The standard InChI is InChI=1S/C18H14FN3O2/c19-14-6-4-5-13(11-14)17-10-9-16(24-17)12-20-22-18(23)21-15-7-2-1-3-8-15/h1-12H,(H2,21,22,23)/b20-12+. The molecular weight excluding hydrogens is 309 g/mol. The minimum atomic E-state index is -0.464. The van der Waals surface area contributed by atoms with Gasteiger partial charge in [-0.05, 0) is 36.4 Å². The fourth-order valence-electron chi connectivity index (χ4n) is 2.05. The Bertz CT molecular complexity index is 859. The number of furan rings is 1. The van der Waals surface area contributed by atoms with Gasteiger partial charge in [-0.1, -0.05) is 30.3 Å². The van der Waals surface area contributed by atoms with E-state index in [1.807, 2.05) is 18.2 Å². The van der Waals surface area contributed by atoms with Gasteiger partial charge in [0.05, 0.1) is 6.21 Å². The Morgan fingerprint density at radius 2 is 1.88 bits per heavy atom. The van der Waals surface area contributed by atoms with E-state index in [0.29, 0.717) is 22.8 Å². The first-order chi connectivity index (χ1) is 11.7. The molecule has 0 bridgehead atoms. The van der Waals surface area contributed by atoms with Crippen LogP contribution in [0.15, 0.2) is 76.2 Å². The number of carbonyl (C=O) groups excluding carboxylic acids is 1. The predicted molar refractivity (Wildman–Crippen MR) is 90.3 cm³/mol. The summed E-state index contributed by atoms with van der Waals surface area (Å²) in [5.41, 5.74) is 3.63. The van der Waals surface area contributed by atoms with Crippen LogP contribution in [0, 0.1) is 5.82 Å². The van der Waals surface area contributed by atoms with Crippen molar-refractivity contribution in [3.05, 3.63) is 78.3 Å². The zero-order chi connectivity index (χ0) is 16.8. The molecule has 0 fully saturated rings. The molecule has 2 aromatic carbocycles. The van der Waals surface area contributed by atoms with Gasteiger partial charge in [-0.25, -0.2) is 14.6 Å². The number of nitrogens with zero attached hydrogens (tertiary/aromatic N) is 1. The van der Waals surface area contributed by atoms with Crippen LogP contribution in [0.1, 0.15) is 5.76 Å². The van der Waals surface area contributed by atoms with Crippen LogP contribution in [0.2, 0.25) is 0 Å². The largest absolute Gasteiger partial charge is 0.455 e. The lowest BCUT2D eigenvalue weighted by Gasteiger charge is -2.02. The van der Waals surface area contributed by atoms with Crippen LogP contribution in [-0.4, -0.2) is 12.2 Å². The van der Waals surface area contributed by atoms with Gasteiger partial charge < -0.3 is 9.73 Å². The maximum atomic E-state index is 13.2. The van der Waals surface area contributed by atoms with E-state index in [2.05, 4.69) is 15.8 Å². The molecule has 3 rings (SSSR count). The second-order valence-electron chi connectivity index (χ2n) is 4.90. The summed E-state index contributed by atoms with van der Waals surface area (Å²) in [4.78, 5) is 11.7. The molecule has 1 aromatic heterocycles. The SMILES string of the molecule is O=C(N/N=C/c1ccc(-c2cccc(F)c2)o1)Nc1ccccc1. The Balaban J connectivity index is 1.58. The minimum absolute atomic E-state index is 0.335. The van der Waals surface area contributed by atoms with Gasteiger partial charge in [0.2, 0.25) is 0 Å². The van der Waals surface area contributed by atoms with Crippen molar-refractivity contribution < 1.29 is 13.6 Å². The van der Waals surface area contributed by atoms with Crippen molar-refractivity contribution in [2.45, 2.75) is 0 Å². The molecule has 0 aliphatic heterocycles. The maximum Gasteiger partial charge on any atom is 0.339 e. The van der Waals surface area contributed by atoms with Gasteiger partial charge in [-0.2, -0.15) is 5.10 Å². The Morgan fingerprint density at radius 3 is 2.67 bits per heavy atom. The number of anilines is 1. The van der Waals surface area contributed by atoms with Crippen LogP contribution >= 0.6 is 0 Å². The van der Waals surface area contributed by atoms with Crippen LogP contribution in [0.5, 0.6) is 0 Å². The number of para-hydroxylation sites is 1. The van der Waals surface area contributed by atoms with Crippen molar-refractivity contribution in [1.82, 2.24) is 5.43 Å². The van der Waals surface area contributed by atoms with E-state index < -0.39 is 6.03 Å². The smallest absolute Gasteiger partial charge is 0.339 e. The molecule has 1 heterocycles. The molecule has 2 amide bonds. The summed E-state index contributed by atoms with van der Waals surface area (Å²) in [7, 11) is 0. The zero-order valence-corrected chi connectivity index (χ0v) is 12.6. The van der Waals surface area contributed by atoms with Gasteiger partial charge in [-0.15, -0.1) is 0 Å². The molecule has 0 radical (unpaired) electrons. The van der Waals surface area contributed by atoms with Gasteiger partial charge >= 0.3 is 6.03 Å². The quantitative estimate of drug-likeness (QED) is 0.557. The highest BCUT2D eigenvalue weighted by atomic mass is 19.1. The third kappa shape index (κ3) is 4.07. The molecule has 6 heteroatoms. The number of hydrazone groups is 1. The fourth-order valence-corrected chi connectivity index (χ4v) is 2.05. The normalized spacial score (nSPS) is 10.7. The molecule has 3 aromatic rings. The number of hydrogen-bond donors (Lipinski definition) is 2. The minimum Gasteiger partial charge on any atom is -0.455 e. The second kappa shape index (κ2) is 7.23. The van der Waals surface area contributed by atoms with Crippen LogP contribution in [0.3, 0.4) is 0 Å². The van der Waals surface area contributed by atoms with Gasteiger partial charge in [-0.3, -0.25) is 0 Å². The Morgan fingerprint density at radius 1 is 1.04 bits per heavy atom. The number of nitrogens with one attached hydrogen (secondary N) is 2. The molecule has 2 N–H and O–H groups in total. The van der Waals surface area contributed by atoms with Crippen molar-refractivity contribution in [3.63, 3.8) is 0 Å². The number of rotatable bonds is 4. The molecule has 0 aliphatic carbocycles. The summed E-state index contributed by atoms with van der Waals surface area (Å²) >= 11 is 0. The third-order valence-corrected chi connectivity index (χ3v) is 3.13. The molecular formula is C18H14FN3O2. The van der Waals surface area contributed by atoms with E-state index in [9.17, 15) is 9.18 Å². The molecule has 5 nitrogen and oxygen atoms in total. The molecule has 0 unspecified atom stereocenters. The third-order valence-electron chi connectivity index (χ3n) is 3.13. The number of carbonyl (C=O) groups is 1. The van der Waals surface area contributed by atoms with Crippen LogP contribution < -0.4 is 10.7 Å². The molecule has 0 spiro atoms. The average Bonchev–Trinajstić information content (AvgIpc) is 3.05. The Labute approximate surface area is 137 Å². The molecule has 0 aliphatic rings. The first kappa shape index (κ1) is 15.5. The van der Waals surface area contributed by atoms with Gasteiger partial charge in [0.25, 0.3) is 0 Å². The highest BCUT2D eigenvalue weighted by Gasteiger charge is 2.04. The van der Waals surface area contributed by atoms with Crippen LogP contribution in [0.4, 0.5) is 14.9 Å². The van der Waals surface area contributed by atoms with E-state index in [0.717, 1.165) is 0 Å². The highest BCUT2D eigenvalue weighted by Crippen LogP contribution is 2.22. The first-order valence-electron chi connectivity index (χ1n) is 7.21. The number of amides is 2. The Hall–Kier alpha value is -3.41. The van der Waals surface area contributed by atoms with Gasteiger partial charge in [0.15, 0.2) is 0 Å². The van der Waals surface area contributed by atoms with E-state index in [1.54, 1.807) is 36.4 Å². The van der Waals surface area contributed by atoms with Gasteiger partial charge in [0.1, 0.15) is 17.3 Å². The van der Waals surface area contributed by atoms with Crippen LogP contribution in [0.25, 0.3) is 11.3 Å². The van der Waals surface area contributed by atoms with Crippen molar-refractivity contribution in [1.29, 1.82) is 0 Å². The fraction of sp³-hybridized carbons (Fsp3) is 0. The van der Waals surface area contributed by atoms with Crippen molar-refractivity contribution in [2.75, 3.05) is 5.32 Å². The second-order valence-corrected chi connectivity index (χ2v) is 4.90. The first-order valence-corrected chi connectivity index (χ1v) is 7.21. The highest BCUT2D eigenvalue weighted by molar-refractivity contribution is 5.90. The monoisotopic (exact) mass is 323 g/mol. The number of halogens is 1. The predicted octanol–water partition coefficient (Wildman–Crippen LogP) is 4.24. The summed E-state index contributed by atoms with van der Waals surface area (Å²) in [6.07, 6.45) is 1.37. The molecule has 0 saturated heterocycles. The molecule has 0 saturated carbocycles. The van der Waals surface area contributed by atoms with E-state index in [-0.39, 0.29) is 5.82 Å². The maximum absolute atomic E-state index is 13.2. The summed E-state index contributed by atoms with van der Waals surface area (Å²) in [6.45, 7) is 0. The number of hydrogen-bond acceptors (Lipinski definition) is 3. The summed E-state index contributed by atoms with van der Waals surface area (Å²) in [6, 6.07) is 18.0. The number of urea groups is 1.